The molecule has 0 radical (unpaired) electrons. The Morgan fingerprint density at radius 1 is 1.13 bits per heavy atom. The zero-order chi connectivity index (χ0) is 22.0. The van der Waals surface area contributed by atoms with Crippen LogP contribution in [0.5, 0.6) is 5.75 Å². The Balaban J connectivity index is 1.43. The van der Waals surface area contributed by atoms with E-state index in [-0.39, 0.29) is 17.9 Å². The Morgan fingerprint density at radius 2 is 1.94 bits per heavy atom. The minimum atomic E-state index is -0.656. The van der Waals surface area contributed by atoms with Gasteiger partial charge in [0, 0.05) is 19.6 Å². The number of nitrogens with zero attached hydrogens (tertiary/aromatic N) is 3. The van der Waals surface area contributed by atoms with Crippen LogP contribution in [0.4, 0.5) is 10.7 Å². The smallest absolute Gasteiger partial charge is 0.324 e. The standard InChI is InChI=1S/C23H27N5O3/c1-15(2)20(21(29)24-14-16-7-6-8-17(13-16)31-3)26-23(30)28-12-11-27-19-10-5-4-9-18(19)25-22(27)28/h4-10,13,15,20H,11-12,14H2,1-3H3,(H,24,29)(H,26,30). The van der Waals surface area contributed by atoms with E-state index in [1.165, 1.54) is 0 Å². The van der Waals surface area contributed by atoms with Crippen molar-refractivity contribution < 1.29 is 14.3 Å². The number of aromatic nitrogens is 2. The number of urea groups is 1. The third-order valence-electron chi connectivity index (χ3n) is 5.50. The minimum Gasteiger partial charge on any atom is -0.497 e. The molecule has 31 heavy (non-hydrogen) atoms. The van der Waals surface area contributed by atoms with Gasteiger partial charge in [0.25, 0.3) is 0 Å². The molecular weight excluding hydrogens is 394 g/mol. The first kappa shape index (κ1) is 20.7. The average Bonchev–Trinajstić information content (AvgIpc) is 3.35. The van der Waals surface area contributed by atoms with Crippen molar-refractivity contribution in [2.45, 2.75) is 33.0 Å². The number of hydrogen-bond donors (Lipinski definition) is 2. The van der Waals surface area contributed by atoms with E-state index in [2.05, 4.69) is 15.6 Å². The first-order valence-corrected chi connectivity index (χ1v) is 10.4. The molecule has 0 spiro atoms. The van der Waals surface area contributed by atoms with Gasteiger partial charge in [-0.2, -0.15) is 0 Å². The maximum Gasteiger partial charge on any atom is 0.324 e. The number of imidazole rings is 1. The Labute approximate surface area is 181 Å². The summed E-state index contributed by atoms with van der Waals surface area (Å²) in [6.45, 7) is 5.38. The van der Waals surface area contributed by atoms with E-state index in [1.54, 1.807) is 12.0 Å². The van der Waals surface area contributed by atoms with E-state index in [9.17, 15) is 9.59 Å². The molecule has 1 aromatic heterocycles. The van der Waals surface area contributed by atoms with Gasteiger partial charge in [-0.3, -0.25) is 9.69 Å². The molecule has 1 aliphatic heterocycles. The number of amides is 3. The van der Waals surface area contributed by atoms with Gasteiger partial charge in [0.1, 0.15) is 11.8 Å². The lowest BCUT2D eigenvalue weighted by atomic mass is 10.0. The van der Waals surface area contributed by atoms with Gasteiger partial charge >= 0.3 is 6.03 Å². The summed E-state index contributed by atoms with van der Waals surface area (Å²) >= 11 is 0. The zero-order valence-corrected chi connectivity index (χ0v) is 18.0. The van der Waals surface area contributed by atoms with Crippen LogP contribution in [0, 0.1) is 5.92 Å². The highest BCUT2D eigenvalue weighted by Crippen LogP contribution is 2.27. The number of fused-ring (bicyclic) bond motifs is 3. The third kappa shape index (κ3) is 4.19. The summed E-state index contributed by atoms with van der Waals surface area (Å²) in [5.41, 5.74) is 2.78. The minimum absolute atomic E-state index is 0.0734. The van der Waals surface area contributed by atoms with Crippen LogP contribution < -0.4 is 20.3 Å². The predicted octanol–water partition coefficient (Wildman–Crippen LogP) is 2.92. The predicted molar refractivity (Wildman–Crippen MR) is 119 cm³/mol. The Bertz CT molecular complexity index is 1110. The van der Waals surface area contributed by atoms with Crippen LogP contribution in [0.3, 0.4) is 0 Å². The van der Waals surface area contributed by atoms with Crippen LogP contribution >= 0.6 is 0 Å². The van der Waals surface area contributed by atoms with Crippen molar-refractivity contribution >= 4 is 28.9 Å². The fraction of sp³-hybridized carbons (Fsp3) is 0.348. The number of rotatable bonds is 6. The van der Waals surface area contributed by atoms with Crippen molar-refractivity contribution in [2.75, 3.05) is 18.6 Å². The maximum absolute atomic E-state index is 13.0. The lowest BCUT2D eigenvalue weighted by Crippen LogP contribution is -2.53. The molecule has 1 atom stereocenters. The molecule has 162 valence electrons. The summed E-state index contributed by atoms with van der Waals surface area (Å²) in [6, 6.07) is 14.4. The number of hydrogen-bond acceptors (Lipinski definition) is 4. The van der Waals surface area contributed by atoms with E-state index < -0.39 is 6.04 Å². The summed E-state index contributed by atoms with van der Waals surface area (Å²) in [7, 11) is 1.61. The van der Waals surface area contributed by atoms with E-state index in [0.29, 0.717) is 25.6 Å². The van der Waals surface area contributed by atoms with Gasteiger partial charge in [-0.25, -0.2) is 9.78 Å². The van der Waals surface area contributed by atoms with Crippen LogP contribution in [0.2, 0.25) is 0 Å². The van der Waals surface area contributed by atoms with Gasteiger partial charge < -0.3 is 19.9 Å². The molecule has 0 aliphatic carbocycles. The molecule has 3 amide bonds. The van der Waals surface area contributed by atoms with Gasteiger partial charge in [0.05, 0.1) is 18.1 Å². The largest absolute Gasteiger partial charge is 0.497 e. The molecule has 4 rings (SSSR count). The Morgan fingerprint density at radius 3 is 2.71 bits per heavy atom. The lowest BCUT2D eigenvalue weighted by Gasteiger charge is -2.24. The molecule has 8 heteroatoms. The second-order valence-corrected chi connectivity index (χ2v) is 7.94. The van der Waals surface area contributed by atoms with Gasteiger partial charge in [0.2, 0.25) is 11.9 Å². The fourth-order valence-corrected chi connectivity index (χ4v) is 3.81. The highest BCUT2D eigenvalue weighted by Gasteiger charge is 2.32. The summed E-state index contributed by atoms with van der Waals surface area (Å²) in [6.07, 6.45) is 0. The highest BCUT2D eigenvalue weighted by atomic mass is 16.5. The third-order valence-corrected chi connectivity index (χ3v) is 5.50. The molecule has 0 fully saturated rings. The Kier molecular flexibility index (Phi) is 5.79. The number of nitrogens with one attached hydrogen (secondary N) is 2. The van der Waals surface area contributed by atoms with E-state index in [1.807, 2.05) is 66.9 Å². The molecule has 2 aromatic carbocycles. The number of carbonyl (C=O) groups is 2. The van der Waals surface area contributed by atoms with Gasteiger partial charge in [-0.1, -0.05) is 38.1 Å². The normalized spacial score (nSPS) is 13.9. The average molecular weight is 422 g/mol. The maximum atomic E-state index is 13.0. The van der Waals surface area contributed by atoms with Crippen LogP contribution in [0.25, 0.3) is 11.0 Å². The van der Waals surface area contributed by atoms with Crippen molar-refractivity contribution in [3.63, 3.8) is 0 Å². The quantitative estimate of drug-likeness (QED) is 0.641. The van der Waals surface area contributed by atoms with Crippen LogP contribution in [-0.2, 0) is 17.9 Å². The first-order chi connectivity index (χ1) is 15.0. The number of para-hydroxylation sites is 2. The molecule has 2 heterocycles. The summed E-state index contributed by atoms with van der Waals surface area (Å²) in [5, 5.41) is 5.82. The zero-order valence-electron chi connectivity index (χ0n) is 18.0. The molecule has 8 nitrogen and oxygen atoms in total. The molecule has 0 saturated heterocycles. The molecule has 1 unspecified atom stereocenters. The van der Waals surface area contributed by atoms with Crippen LogP contribution in [0.15, 0.2) is 48.5 Å². The van der Waals surface area contributed by atoms with E-state index >= 15 is 0 Å². The van der Waals surface area contributed by atoms with Gasteiger partial charge in [-0.05, 0) is 35.7 Å². The van der Waals surface area contributed by atoms with Crippen molar-refractivity contribution in [1.29, 1.82) is 0 Å². The van der Waals surface area contributed by atoms with Crippen molar-refractivity contribution in [2.24, 2.45) is 5.92 Å². The molecule has 0 bridgehead atoms. The lowest BCUT2D eigenvalue weighted by molar-refractivity contribution is -0.124. The summed E-state index contributed by atoms with van der Waals surface area (Å²) in [4.78, 5) is 32.1. The molecule has 0 saturated carbocycles. The summed E-state index contributed by atoms with van der Waals surface area (Å²) < 4.78 is 7.25. The van der Waals surface area contributed by atoms with Crippen molar-refractivity contribution in [3.05, 3.63) is 54.1 Å². The number of methoxy groups -OCH3 is 1. The fourth-order valence-electron chi connectivity index (χ4n) is 3.81. The molecular formula is C23H27N5O3. The van der Waals surface area contributed by atoms with Crippen molar-refractivity contribution in [1.82, 2.24) is 20.2 Å². The van der Waals surface area contributed by atoms with Crippen molar-refractivity contribution in [3.8, 4) is 5.75 Å². The SMILES string of the molecule is COc1cccc(CNC(=O)C(NC(=O)N2CCn3c2nc2ccccc23)C(C)C)c1. The molecule has 1 aliphatic rings. The monoisotopic (exact) mass is 421 g/mol. The highest BCUT2D eigenvalue weighted by molar-refractivity contribution is 5.96. The van der Waals surface area contributed by atoms with E-state index in [0.717, 1.165) is 22.3 Å². The summed E-state index contributed by atoms with van der Waals surface area (Å²) in [5.74, 6) is 1.05. The first-order valence-electron chi connectivity index (χ1n) is 10.4. The van der Waals surface area contributed by atoms with E-state index in [4.69, 9.17) is 4.74 Å². The molecule has 3 aromatic rings. The van der Waals surface area contributed by atoms with Gasteiger partial charge in [-0.15, -0.1) is 0 Å². The molecule has 2 N–H and O–H groups in total. The van der Waals surface area contributed by atoms with Gasteiger partial charge in [0.15, 0.2) is 0 Å². The topological polar surface area (TPSA) is 88.5 Å². The van der Waals surface area contributed by atoms with Crippen LogP contribution in [0.1, 0.15) is 19.4 Å². The number of ether oxygens (including phenoxy) is 1. The Hall–Kier alpha value is -3.55. The number of carbonyl (C=O) groups excluding carboxylic acids is 2. The number of anilines is 1. The second kappa shape index (κ2) is 8.67. The second-order valence-electron chi connectivity index (χ2n) is 7.94. The number of benzene rings is 2. The van der Waals surface area contributed by atoms with Crippen LogP contribution in [-0.4, -0.2) is 41.2 Å².